The van der Waals surface area contributed by atoms with E-state index in [1.807, 2.05) is 11.6 Å². The molecule has 1 N–H and O–H groups in total. The minimum Gasteiger partial charge on any atom is -0.305 e. The van der Waals surface area contributed by atoms with Crippen LogP contribution in [-0.2, 0) is 6.54 Å². The third-order valence-electron chi connectivity index (χ3n) is 3.09. The Balaban J connectivity index is 1.84. The van der Waals surface area contributed by atoms with Crippen LogP contribution < -0.4 is 5.32 Å². The average molecular weight is 196 g/mol. The molecule has 1 aliphatic carbocycles. The highest BCUT2D eigenvalue weighted by atomic mass is 32.1. The standard InChI is InChI=1S/C10H16N2S/c1-2-10(4-3-5-10)12-8-9-11-6-7-13-9/h6-7,12H,2-5,8H2,1H3. The lowest BCUT2D eigenvalue weighted by Gasteiger charge is -2.42. The van der Waals surface area contributed by atoms with Crippen molar-refractivity contribution in [3.8, 4) is 0 Å². The molecule has 0 atom stereocenters. The fourth-order valence-electron chi connectivity index (χ4n) is 1.86. The van der Waals surface area contributed by atoms with E-state index in [0.29, 0.717) is 5.54 Å². The summed E-state index contributed by atoms with van der Waals surface area (Å²) in [6.45, 7) is 3.22. The summed E-state index contributed by atoms with van der Waals surface area (Å²) in [5.41, 5.74) is 0.450. The molecule has 3 heteroatoms. The lowest BCUT2D eigenvalue weighted by atomic mass is 9.75. The number of thiazole rings is 1. The van der Waals surface area contributed by atoms with Gasteiger partial charge in [0.1, 0.15) is 5.01 Å². The molecule has 0 aromatic carbocycles. The molecule has 0 spiro atoms. The fraction of sp³-hybridized carbons (Fsp3) is 0.700. The van der Waals surface area contributed by atoms with E-state index in [2.05, 4.69) is 17.2 Å². The van der Waals surface area contributed by atoms with Crippen LogP contribution in [0.1, 0.15) is 37.6 Å². The first-order valence-electron chi connectivity index (χ1n) is 4.98. The summed E-state index contributed by atoms with van der Waals surface area (Å²) >= 11 is 1.74. The maximum absolute atomic E-state index is 4.27. The molecular formula is C10H16N2S. The summed E-state index contributed by atoms with van der Waals surface area (Å²) in [6, 6.07) is 0. The second-order valence-electron chi connectivity index (χ2n) is 3.77. The molecule has 0 unspecified atom stereocenters. The first-order valence-corrected chi connectivity index (χ1v) is 5.86. The van der Waals surface area contributed by atoms with E-state index < -0.39 is 0 Å². The Morgan fingerprint density at radius 2 is 2.46 bits per heavy atom. The zero-order valence-corrected chi connectivity index (χ0v) is 8.86. The molecule has 0 saturated heterocycles. The first kappa shape index (κ1) is 9.16. The van der Waals surface area contributed by atoms with Gasteiger partial charge in [-0.05, 0) is 25.7 Å². The lowest BCUT2D eigenvalue weighted by molar-refractivity contribution is 0.175. The van der Waals surface area contributed by atoms with Gasteiger partial charge in [-0.3, -0.25) is 0 Å². The molecule has 1 fully saturated rings. The molecule has 1 aromatic rings. The van der Waals surface area contributed by atoms with Gasteiger partial charge in [-0.15, -0.1) is 11.3 Å². The zero-order chi connectivity index (χ0) is 9.15. The molecule has 1 aromatic heterocycles. The molecule has 13 heavy (non-hydrogen) atoms. The summed E-state index contributed by atoms with van der Waals surface area (Å²) in [6.07, 6.45) is 7.20. The van der Waals surface area contributed by atoms with Gasteiger partial charge >= 0.3 is 0 Å². The van der Waals surface area contributed by atoms with Gasteiger partial charge in [0.25, 0.3) is 0 Å². The van der Waals surface area contributed by atoms with Crippen LogP contribution in [0.4, 0.5) is 0 Å². The minimum atomic E-state index is 0.450. The van der Waals surface area contributed by atoms with Gasteiger partial charge < -0.3 is 5.32 Å². The van der Waals surface area contributed by atoms with E-state index >= 15 is 0 Å². The van der Waals surface area contributed by atoms with Crippen LogP contribution >= 0.6 is 11.3 Å². The van der Waals surface area contributed by atoms with Gasteiger partial charge in [-0.2, -0.15) is 0 Å². The molecule has 0 bridgehead atoms. The molecular weight excluding hydrogens is 180 g/mol. The third-order valence-corrected chi connectivity index (χ3v) is 3.87. The Morgan fingerprint density at radius 1 is 1.62 bits per heavy atom. The topological polar surface area (TPSA) is 24.9 Å². The van der Waals surface area contributed by atoms with Crippen LogP contribution in [0.15, 0.2) is 11.6 Å². The number of aromatic nitrogens is 1. The van der Waals surface area contributed by atoms with Crippen molar-refractivity contribution in [2.45, 2.75) is 44.7 Å². The monoisotopic (exact) mass is 196 g/mol. The van der Waals surface area contributed by atoms with Crippen molar-refractivity contribution in [2.75, 3.05) is 0 Å². The smallest absolute Gasteiger partial charge is 0.106 e. The number of hydrogen-bond acceptors (Lipinski definition) is 3. The van der Waals surface area contributed by atoms with Crippen molar-refractivity contribution in [2.24, 2.45) is 0 Å². The van der Waals surface area contributed by atoms with Crippen molar-refractivity contribution in [1.82, 2.24) is 10.3 Å². The largest absolute Gasteiger partial charge is 0.305 e. The highest BCUT2D eigenvalue weighted by molar-refractivity contribution is 7.09. The number of nitrogens with zero attached hydrogens (tertiary/aromatic N) is 1. The summed E-state index contributed by atoms with van der Waals surface area (Å²) in [4.78, 5) is 4.27. The molecule has 1 saturated carbocycles. The van der Waals surface area contributed by atoms with Gasteiger partial charge in [0, 0.05) is 23.7 Å². The van der Waals surface area contributed by atoms with Gasteiger partial charge in [-0.1, -0.05) is 6.92 Å². The Labute approximate surface area is 83.4 Å². The highest BCUT2D eigenvalue weighted by Crippen LogP contribution is 2.34. The van der Waals surface area contributed by atoms with Crippen LogP contribution in [0, 0.1) is 0 Å². The van der Waals surface area contributed by atoms with E-state index in [1.54, 1.807) is 11.3 Å². The van der Waals surface area contributed by atoms with Crippen molar-refractivity contribution in [3.63, 3.8) is 0 Å². The highest BCUT2D eigenvalue weighted by Gasteiger charge is 2.34. The molecule has 2 nitrogen and oxygen atoms in total. The van der Waals surface area contributed by atoms with Gasteiger partial charge in [0.2, 0.25) is 0 Å². The molecule has 1 heterocycles. The zero-order valence-electron chi connectivity index (χ0n) is 8.05. The fourth-order valence-corrected chi connectivity index (χ4v) is 2.42. The van der Waals surface area contributed by atoms with Crippen molar-refractivity contribution in [1.29, 1.82) is 0 Å². The Morgan fingerprint density at radius 3 is 2.92 bits per heavy atom. The molecule has 1 aliphatic rings. The third kappa shape index (κ3) is 1.92. The van der Waals surface area contributed by atoms with Crippen LogP contribution in [0.2, 0.25) is 0 Å². The van der Waals surface area contributed by atoms with Crippen LogP contribution in [0.3, 0.4) is 0 Å². The molecule has 0 radical (unpaired) electrons. The Bertz CT molecular complexity index is 246. The van der Waals surface area contributed by atoms with E-state index in [1.165, 1.54) is 30.7 Å². The summed E-state index contributed by atoms with van der Waals surface area (Å²) in [5.74, 6) is 0. The quantitative estimate of drug-likeness (QED) is 0.800. The summed E-state index contributed by atoms with van der Waals surface area (Å²) in [7, 11) is 0. The molecule has 0 aliphatic heterocycles. The Hall–Kier alpha value is -0.410. The first-order chi connectivity index (χ1) is 6.35. The van der Waals surface area contributed by atoms with Crippen molar-refractivity contribution in [3.05, 3.63) is 16.6 Å². The van der Waals surface area contributed by atoms with Crippen molar-refractivity contribution < 1.29 is 0 Å². The second kappa shape index (κ2) is 3.76. The second-order valence-corrected chi connectivity index (χ2v) is 4.75. The van der Waals surface area contributed by atoms with Crippen molar-refractivity contribution >= 4 is 11.3 Å². The molecule has 2 rings (SSSR count). The minimum absolute atomic E-state index is 0.450. The van der Waals surface area contributed by atoms with E-state index in [9.17, 15) is 0 Å². The van der Waals surface area contributed by atoms with Crippen LogP contribution in [0.25, 0.3) is 0 Å². The maximum atomic E-state index is 4.27. The summed E-state index contributed by atoms with van der Waals surface area (Å²) < 4.78 is 0. The predicted octanol–water partition coefficient (Wildman–Crippen LogP) is 2.57. The average Bonchev–Trinajstić information content (AvgIpc) is 2.56. The molecule has 72 valence electrons. The number of hydrogen-bond donors (Lipinski definition) is 1. The van der Waals surface area contributed by atoms with E-state index in [0.717, 1.165) is 6.54 Å². The van der Waals surface area contributed by atoms with Gasteiger partial charge in [-0.25, -0.2) is 4.98 Å². The molecule has 0 amide bonds. The SMILES string of the molecule is CCC1(NCc2nccs2)CCC1. The van der Waals surface area contributed by atoms with Gasteiger partial charge in [0.05, 0.1) is 0 Å². The maximum Gasteiger partial charge on any atom is 0.106 e. The number of nitrogens with one attached hydrogen (secondary N) is 1. The van der Waals surface area contributed by atoms with Crippen LogP contribution in [0.5, 0.6) is 0 Å². The Kier molecular flexibility index (Phi) is 2.65. The summed E-state index contributed by atoms with van der Waals surface area (Å²) in [5, 5.41) is 6.88. The van der Waals surface area contributed by atoms with Gasteiger partial charge in [0.15, 0.2) is 0 Å². The lowest BCUT2D eigenvalue weighted by Crippen LogP contribution is -2.49. The van der Waals surface area contributed by atoms with Crippen LogP contribution in [-0.4, -0.2) is 10.5 Å². The predicted molar refractivity (Wildman–Crippen MR) is 55.8 cm³/mol. The normalized spacial score (nSPS) is 19.8. The number of rotatable bonds is 4. The van der Waals surface area contributed by atoms with E-state index in [4.69, 9.17) is 0 Å². The van der Waals surface area contributed by atoms with E-state index in [-0.39, 0.29) is 0 Å².